The zero-order valence-corrected chi connectivity index (χ0v) is 18.8. The Labute approximate surface area is 190 Å². The molecule has 32 heavy (non-hydrogen) atoms. The second-order valence-corrected chi connectivity index (χ2v) is 8.90. The molecule has 0 saturated carbocycles. The maximum atomic E-state index is 13.7. The minimum absolute atomic E-state index is 0.000326. The number of Topliss-reactive ketones (excluding diaryl/α,β-unsaturated/α-hetero) is 1. The number of halogens is 1. The molecule has 0 radical (unpaired) electrons. The van der Waals surface area contributed by atoms with Crippen LogP contribution in [0.15, 0.2) is 59.8 Å². The van der Waals surface area contributed by atoms with Crippen molar-refractivity contribution in [1.82, 2.24) is 20.2 Å². The minimum Gasteiger partial charge on any atom is -0.464 e. The van der Waals surface area contributed by atoms with Gasteiger partial charge >= 0.3 is 5.97 Å². The molecule has 0 spiro atoms. The number of esters is 1. The van der Waals surface area contributed by atoms with Crippen molar-refractivity contribution < 1.29 is 14.3 Å². The van der Waals surface area contributed by atoms with Crippen molar-refractivity contribution in [3.05, 3.63) is 81.5 Å². The fourth-order valence-corrected chi connectivity index (χ4v) is 3.74. The van der Waals surface area contributed by atoms with Crippen LogP contribution < -0.4 is 5.32 Å². The maximum Gasteiger partial charge on any atom is 0.355 e. The van der Waals surface area contributed by atoms with Gasteiger partial charge in [0.05, 0.1) is 12.7 Å². The summed E-state index contributed by atoms with van der Waals surface area (Å²) < 4.78 is 6.44. The summed E-state index contributed by atoms with van der Waals surface area (Å²) in [4.78, 5) is 26.3. The van der Waals surface area contributed by atoms with Crippen LogP contribution in [-0.4, -0.2) is 39.1 Å². The van der Waals surface area contributed by atoms with E-state index in [0.29, 0.717) is 10.6 Å². The lowest BCUT2D eigenvalue weighted by Crippen LogP contribution is -2.33. The summed E-state index contributed by atoms with van der Waals surface area (Å²) in [5.74, 6) is -0.809. The number of carbonyl (C=O) groups is 2. The molecule has 1 aliphatic rings. The number of ether oxygens (including phenoxy) is 1. The number of nitrogens with zero attached hydrogens (tertiary/aromatic N) is 4. The summed E-state index contributed by atoms with van der Waals surface area (Å²) in [5.41, 5.74) is 2.41. The SMILES string of the molecule is COC(=O)C1=C(C(=O)c2ccc(Cl)cc2)[C@H](c2ccc(C(C)(C)C)cc2)n2nnnc2N1. The highest BCUT2D eigenvalue weighted by Crippen LogP contribution is 2.37. The summed E-state index contributed by atoms with van der Waals surface area (Å²) in [5, 5.41) is 15.1. The fourth-order valence-electron chi connectivity index (χ4n) is 3.62. The topological polar surface area (TPSA) is 99.0 Å². The van der Waals surface area contributed by atoms with Crippen LogP contribution in [0.4, 0.5) is 5.95 Å². The zero-order valence-electron chi connectivity index (χ0n) is 18.1. The third-order valence-electron chi connectivity index (χ3n) is 5.35. The Kier molecular flexibility index (Phi) is 5.56. The number of anilines is 1. The lowest BCUT2D eigenvalue weighted by Gasteiger charge is -2.28. The van der Waals surface area contributed by atoms with E-state index >= 15 is 0 Å². The van der Waals surface area contributed by atoms with E-state index in [9.17, 15) is 9.59 Å². The Morgan fingerprint density at radius 3 is 2.31 bits per heavy atom. The van der Waals surface area contributed by atoms with Crippen molar-refractivity contribution in [2.24, 2.45) is 0 Å². The van der Waals surface area contributed by atoms with Gasteiger partial charge in [-0.2, -0.15) is 4.68 Å². The summed E-state index contributed by atoms with van der Waals surface area (Å²) in [6.45, 7) is 6.37. The largest absolute Gasteiger partial charge is 0.464 e. The average Bonchev–Trinajstić information content (AvgIpc) is 3.25. The average molecular weight is 452 g/mol. The van der Waals surface area contributed by atoms with E-state index < -0.39 is 12.0 Å². The molecule has 8 nitrogen and oxygen atoms in total. The van der Waals surface area contributed by atoms with Crippen molar-refractivity contribution in [2.75, 3.05) is 12.4 Å². The number of nitrogens with one attached hydrogen (secondary N) is 1. The van der Waals surface area contributed by atoms with Gasteiger partial charge in [0, 0.05) is 10.6 Å². The minimum atomic E-state index is -0.729. The molecular weight excluding hydrogens is 430 g/mol. The van der Waals surface area contributed by atoms with E-state index in [4.69, 9.17) is 16.3 Å². The van der Waals surface area contributed by atoms with Gasteiger partial charge in [-0.05, 0) is 51.2 Å². The fraction of sp³-hybridized carbons (Fsp3) is 0.261. The Hall–Kier alpha value is -3.52. The molecule has 1 N–H and O–H groups in total. The van der Waals surface area contributed by atoms with Gasteiger partial charge in [0.15, 0.2) is 5.78 Å². The highest BCUT2D eigenvalue weighted by atomic mass is 35.5. The number of allylic oxidation sites excluding steroid dienone is 1. The first-order chi connectivity index (χ1) is 15.2. The molecule has 0 aliphatic carbocycles. The first kappa shape index (κ1) is 21.7. The predicted molar refractivity (Wildman–Crippen MR) is 120 cm³/mol. The molecule has 0 amide bonds. The van der Waals surface area contributed by atoms with Gasteiger partial charge in [-0.15, -0.1) is 0 Å². The summed E-state index contributed by atoms with van der Waals surface area (Å²) in [6.07, 6.45) is 0. The van der Waals surface area contributed by atoms with Crippen LogP contribution in [0.1, 0.15) is 48.3 Å². The number of methoxy groups -OCH3 is 1. The van der Waals surface area contributed by atoms with E-state index in [1.807, 2.05) is 24.3 Å². The molecule has 0 unspecified atom stereocenters. The van der Waals surface area contributed by atoms with E-state index in [2.05, 4.69) is 41.6 Å². The van der Waals surface area contributed by atoms with E-state index in [0.717, 1.165) is 11.1 Å². The van der Waals surface area contributed by atoms with E-state index in [1.165, 1.54) is 11.8 Å². The van der Waals surface area contributed by atoms with Crippen LogP contribution in [0.2, 0.25) is 5.02 Å². The molecular formula is C23H22ClN5O3. The van der Waals surface area contributed by atoms with Crippen molar-refractivity contribution in [3.8, 4) is 0 Å². The number of carbonyl (C=O) groups excluding carboxylic acids is 2. The van der Waals surface area contributed by atoms with Crippen molar-refractivity contribution in [1.29, 1.82) is 0 Å². The second kappa shape index (κ2) is 8.20. The zero-order chi connectivity index (χ0) is 23.0. The van der Waals surface area contributed by atoms with Crippen LogP contribution >= 0.6 is 11.6 Å². The molecule has 1 atom stereocenters. The molecule has 9 heteroatoms. The number of hydrogen-bond donors (Lipinski definition) is 1. The first-order valence-corrected chi connectivity index (χ1v) is 10.4. The quantitative estimate of drug-likeness (QED) is 0.473. The number of tetrazole rings is 1. The standard InChI is InChI=1S/C23H22ClN5O3/c1-23(2,3)15-9-5-13(6-10-15)19-17(20(30)14-7-11-16(24)12-8-14)18(21(31)32-4)25-22-26-27-28-29(19)22/h5-12,19H,1-4H3,(H,25,26,28)/t19-/m0/s1. The first-order valence-electron chi connectivity index (χ1n) is 9.99. The summed E-state index contributed by atoms with van der Waals surface area (Å²) >= 11 is 5.99. The summed E-state index contributed by atoms with van der Waals surface area (Å²) in [7, 11) is 1.26. The molecule has 1 aliphatic heterocycles. The lowest BCUT2D eigenvalue weighted by atomic mass is 9.84. The van der Waals surface area contributed by atoms with Gasteiger partial charge in [-0.1, -0.05) is 61.7 Å². The van der Waals surface area contributed by atoms with Crippen LogP contribution in [0.3, 0.4) is 0 Å². The Morgan fingerprint density at radius 1 is 1.06 bits per heavy atom. The van der Waals surface area contributed by atoms with Crippen LogP contribution in [0.25, 0.3) is 0 Å². The molecule has 1 aromatic heterocycles. The highest BCUT2D eigenvalue weighted by Gasteiger charge is 2.38. The number of fused-ring (bicyclic) bond motifs is 1. The third-order valence-corrected chi connectivity index (χ3v) is 5.60. The van der Waals surface area contributed by atoms with Crippen LogP contribution in [0, 0.1) is 0 Å². The van der Waals surface area contributed by atoms with Crippen LogP contribution in [0.5, 0.6) is 0 Å². The van der Waals surface area contributed by atoms with Crippen molar-refractivity contribution in [3.63, 3.8) is 0 Å². The third kappa shape index (κ3) is 3.89. The predicted octanol–water partition coefficient (Wildman–Crippen LogP) is 3.95. The van der Waals surface area contributed by atoms with Crippen molar-refractivity contribution in [2.45, 2.75) is 32.2 Å². The summed E-state index contributed by atoms with van der Waals surface area (Å²) in [6, 6.07) is 13.6. The Morgan fingerprint density at radius 2 is 1.72 bits per heavy atom. The molecule has 0 saturated heterocycles. The van der Waals surface area contributed by atoms with Gasteiger partial charge in [0.25, 0.3) is 0 Å². The molecule has 2 heterocycles. The lowest BCUT2D eigenvalue weighted by molar-refractivity contribution is -0.136. The number of hydrogen-bond acceptors (Lipinski definition) is 7. The number of rotatable bonds is 4. The highest BCUT2D eigenvalue weighted by molar-refractivity contribution is 6.30. The van der Waals surface area contributed by atoms with Gasteiger partial charge in [0.1, 0.15) is 11.7 Å². The number of ketones is 1. The monoisotopic (exact) mass is 451 g/mol. The molecule has 0 bridgehead atoms. The van der Waals surface area contributed by atoms with E-state index in [-0.39, 0.29) is 28.4 Å². The molecule has 0 fully saturated rings. The van der Waals surface area contributed by atoms with Gasteiger partial charge < -0.3 is 10.1 Å². The molecule has 164 valence electrons. The van der Waals surface area contributed by atoms with Crippen LogP contribution in [-0.2, 0) is 14.9 Å². The van der Waals surface area contributed by atoms with Gasteiger partial charge in [0.2, 0.25) is 5.95 Å². The number of aromatic nitrogens is 4. The molecule has 3 aromatic rings. The van der Waals surface area contributed by atoms with Gasteiger partial charge in [-0.3, -0.25) is 4.79 Å². The number of benzene rings is 2. The van der Waals surface area contributed by atoms with E-state index in [1.54, 1.807) is 24.3 Å². The van der Waals surface area contributed by atoms with Gasteiger partial charge in [-0.25, -0.2) is 4.79 Å². The maximum absolute atomic E-state index is 13.7. The second-order valence-electron chi connectivity index (χ2n) is 8.46. The smallest absolute Gasteiger partial charge is 0.355 e. The van der Waals surface area contributed by atoms with Crippen molar-refractivity contribution >= 4 is 29.3 Å². The Balaban J connectivity index is 1.91. The normalized spacial score (nSPS) is 15.7. The molecule has 4 rings (SSSR count). The Bertz CT molecular complexity index is 1210. The molecule has 2 aromatic carbocycles.